The summed E-state index contributed by atoms with van der Waals surface area (Å²) in [5, 5.41) is 21.3. The molecule has 1 aromatic carbocycles. The average Bonchev–Trinajstić information content (AvgIpc) is 2.53. The molecule has 0 bridgehead atoms. The molecule has 114 valence electrons. The smallest absolute Gasteiger partial charge is 0.254 e. The zero-order chi connectivity index (χ0) is 15.4. The number of hydrogen-bond donors (Lipinski definition) is 3. The molecule has 0 aromatic heterocycles. The van der Waals surface area contributed by atoms with Crippen LogP contribution in [0.15, 0.2) is 23.4 Å². The largest absolute Gasteiger partial charge is 0.504 e. The Labute approximate surface area is 121 Å². The number of oxime groups is 1. The van der Waals surface area contributed by atoms with E-state index in [1.165, 1.54) is 24.1 Å². The maximum atomic E-state index is 12.4. The van der Waals surface area contributed by atoms with Gasteiger partial charge in [0.25, 0.3) is 5.91 Å². The third-order valence-corrected chi connectivity index (χ3v) is 3.22. The molecule has 1 aliphatic rings. The quantitative estimate of drug-likeness (QED) is 0.312. The zero-order valence-electron chi connectivity index (χ0n) is 11.5. The van der Waals surface area contributed by atoms with Crippen LogP contribution in [0.5, 0.6) is 11.5 Å². The Hall–Kier alpha value is -2.48. The van der Waals surface area contributed by atoms with Crippen molar-refractivity contribution in [1.82, 2.24) is 4.90 Å². The maximum absolute atomic E-state index is 12.4. The van der Waals surface area contributed by atoms with Crippen molar-refractivity contribution in [3.05, 3.63) is 23.8 Å². The number of nitrogens with two attached hydrogens (primary N) is 1. The molecular weight excluding hydrogens is 278 g/mol. The first-order valence-electron chi connectivity index (χ1n) is 6.32. The predicted octanol–water partition coefficient (Wildman–Crippen LogP) is -0.0118. The maximum Gasteiger partial charge on any atom is 0.254 e. The molecule has 0 saturated carbocycles. The Morgan fingerprint density at radius 1 is 1.57 bits per heavy atom. The zero-order valence-corrected chi connectivity index (χ0v) is 11.5. The molecule has 0 aliphatic carbocycles. The van der Waals surface area contributed by atoms with E-state index in [2.05, 4.69) is 5.16 Å². The van der Waals surface area contributed by atoms with E-state index in [1.54, 1.807) is 6.07 Å². The van der Waals surface area contributed by atoms with Crippen LogP contribution >= 0.6 is 0 Å². The highest BCUT2D eigenvalue weighted by Crippen LogP contribution is 2.27. The number of hydrogen-bond acceptors (Lipinski definition) is 6. The van der Waals surface area contributed by atoms with Crippen LogP contribution in [0, 0.1) is 0 Å². The van der Waals surface area contributed by atoms with Gasteiger partial charge < -0.3 is 30.4 Å². The van der Waals surface area contributed by atoms with Crippen molar-refractivity contribution in [3.8, 4) is 11.5 Å². The van der Waals surface area contributed by atoms with E-state index < -0.39 is 6.10 Å². The van der Waals surface area contributed by atoms with E-state index >= 15 is 0 Å². The molecule has 1 amide bonds. The molecule has 21 heavy (non-hydrogen) atoms. The first-order chi connectivity index (χ1) is 10.1. The molecule has 0 radical (unpaired) electrons. The SMILES string of the molecule is COc1ccc(C(=O)N2CCOC(C(N)=NO)C2)cc1O. The summed E-state index contributed by atoms with van der Waals surface area (Å²) >= 11 is 0. The van der Waals surface area contributed by atoms with E-state index in [0.29, 0.717) is 17.9 Å². The number of phenolic OH excluding ortho intramolecular Hbond substituents is 1. The molecule has 0 spiro atoms. The van der Waals surface area contributed by atoms with Gasteiger partial charge in [-0.2, -0.15) is 0 Å². The molecule has 1 fully saturated rings. The predicted molar refractivity (Wildman–Crippen MR) is 73.7 cm³/mol. The number of carbonyl (C=O) groups excluding carboxylic acids is 1. The fourth-order valence-corrected chi connectivity index (χ4v) is 2.08. The number of morpholine rings is 1. The van der Waals surface area contributed by atoms with Crippen LogP contribution < -0.4 is 10.5 Å². The van der Waals surface area contributed by atoms with Gasteiger partial charge in [-0.1, -0.05) is 5.16 Å². The number of benzene rings is 1. The van der Waals surface area contributed by atoms with Gasteiger partial charge in [0.2, 0.25) is 0 Å². The van der Waals surface area contributed by atoms with E-state index in [-0.39, 0.29) is 30.6 Å². The number of rotatable bonds is 3. The van der Waals surface area contributed by atoms with Gasteiger partial charge in [0, 0.05) is 12.1 Å². The second-order valence-electron chi connectivity index (χ2n) is 4.52. The van der Waals surface area contributed by atoms with Crippen molar-refractivity contribution in [1.29, 1.82) is 0 Å². The van der Waals surface area contributed by atoms with E-state index in [0.717, 1.165) is 0 Å². The van der Waals surface area contributed by atoms with Gasteiger partial charge in [0.15, 0.2) is 17.3 Å². The minimum absolute atomic E-state index is 0.0786. The van der Waals surface area contributed by atoms with Crippen LogP contribution in [0.25, 0.3) is 0 Å². The Morgan fingerprint density at radius 2 is 2.33 bits per heavy atom. The van der Waals surface area contributed by atoms with Crippen LogP contribution in [0.3, 0.4) is 0 Å². The van der Waals surface area contributed by atoms with Crippen LogP contribution in [-0.4, -0.2) is 59.9 Å². The summed E-state index contributed by atoms with van der Waals surface area (Å²) in [6.45, 7) is 0.858. The topological polar surface area (TPSA) is 118 Å². The Morgan fingerprint density at radius 3 is 2.95 bits per heavy atom. The second-order valence-corrected chi connectivity index (χ2v) is 4.52. The highest BCUT2D eigenvalue weighted by Gasteiger charge is 2.28. The molecule has 1 aromatic rings. The number of aromatic hydroxyl groups is 1. The molecule has 8 nitrogen and oxygen atoms in total. The molecule has 4 N–H and O–H groups in total. The lowest BCUT2D eigenvalue weighted by Crippen LogP contribution is -2.50. The third kappa shape index (κ3) is 3.16. The first kappa shape index (κ1) is 14.9. The summed E-state index contributed by atoms with van der Waals surface area (Å²) < 4.78 is 10.3. The molecule has 1 aliphatic heterocycles. The fraction of sp³-hybridized carbons (Fsp3) is 0.385. The van der Waals surface area contributed by atoms with Gasteiger partial charge in [0.1, 0.15) is 6.10 Å². The number of ether oxygens (including phenoxy) is 2. The number of amidine groups is 1. The highest BCUT2D eigenvalue weighted by molar-refractivity contribution is 5.95. The normalized spacial score (nSPS) is 19.4. The summed E-state index contributed by atoms with van der Waals surface area (Å²) in [7, 11) is 1.43. The summed E-state index contributed by atoms with van der Waals surface area (Å²) in [6.07, 6.45) is -0.639. The summed E-state index contributed by atoms with van der Waals surface area (Å²) in [5.41, 5.74) is 5.82. The molecule has 8 heteroatoms. The van der Waals surface area contributed by atoms with Gasteiger partial charge in [-0.05, 0) is 18.2 Å². The third-order valence-electron chi connectivity index (χ3n) is 3.22. The standard InChI is InChI=1S/C13H17N3O5/c1-20-10-3-2-8(6-9(10)17)13(18)16-4-5-21-11(7-16)12(14)15-19/h2-3,6,11,17,19H,4-5,7H2,1H3,(H2,14,15). The molecule has 2 rings (SSSR count). The summed E-state index contributed by atoms with van der Waals surface area (Å²) in [4.78, 5) is 13.9. The minimum atomic E-state index is -0.639. The van der Waals surface area contributed by atoms with E-state index in [1.807, 2.05) is 0 Å². The average molecular weight is 295 g/mol. The highest BCUT2D eigenvalue weighted by atomic mass is 16.5. The number of amides is 1. The molecule has 1 heterocycles. The van der Waals surface area contributed by atoms with Crippen molar-refractivity contribution in [2.75, 3.05) is 26.8 Å². The number of nitrogens with zero attached hydrogens (tertiary/aromatic N) is 2. The Kier molecular flexibility index (Phi) is 4.49. The van der Waals surface area contributed by atoms with E-state index in [4.69, 9.17) is 20.4 Å². The van der Waals surface area contributed by atoms with Crippen LogP contribution in [0.1, 0.15) is 10.4 Å². The molecule has 1 atom stereocenters. The van der Waals surface area contributed by atoms with Gasteiger partial charge in [-0.15, -0.1) is 0 Å². The lowest BCUT2D eigenvalue weighted by Gasteiger charge is -2.32. The van der Waals surface area contributed by atoms with Gasteiger partial charge >= 0.3 is 0 Å². The lowest BCUT2D eigenvalue weighted by molar-refractivity contribution is 0.00674. The van der Waals surface area contributed by atoms with Crippen molar-refractivity contribution in [3.63, 3.8) is 0 Å². The van der Waals surface area contributed by atoms with Crippen molar-refractivity contribution in [2.24, 2.45) is 10.9 Å². The van der Waals surface area contributed by atoms with Gasteiger partial charge in [0.05, 0.1) is 20.3 Å². The first-order valence-corrected chi connectivity index (χ1v) is 6.32. The van der Waals surface area contributed by atoms with Crippen molar-refractivity contribution in [2.45, 2.75) is 6.10 Å². The second kappa shape index (κ2) is 6.31. The monoisotopic (exact) mass is 295 g/mol. The molecule has 1 saturated heterocycles. The number of methoxy groups -OCH3 is 1. The van der Waals surface area contributed by atoms with Crippen LogP contribution in [0.2, 0.25) is 0 Å². The van der Waals surface area contributed by atoms with Crippen LogP contribution in [-0.2, 0) is 4.74 Å². The van der Waals surface area contributed by atoms with Gasteiger partial charge in [-0.25, -0.2) is 0 Å². The summed E-state index contributed by atoms with van der Waals surface area (Å²) in [6, 6.07) is 4.42. The number of carbonyl (C=O) groups is 1. The lowest BCUT2D eigenvalue weighted by atomic mass is 10.1. The van der Waals surface area contributed by atoms with Crippen molar-refractivity contribution >= 4 is 11.7 Å². The Bertz CT molecular complexity index is 561. The minimum Gasteiger partial charge on any atom is -0.504 e. The fourth-order valence-electron chi connectivity index (χ4n) is 2.08. The van der Waals surface area contributed by atoms with Gasteiger partial charge in [-0.3, -0.25) is 4.79 Å². The van der Waals surface area contributed by atoms with E-state index in [9.17, 15) is 9.90 Å². The molecular formula is C13H17N3O5. The number of phenols is 1. The van der Waals surface area contributed by atoms with Crippen LogP contribution in [0.4, 0.5) is 0 Å². The van der Waals surface area contributed by atoms with Crippen molar-refractivity contribution < 1.29 is 24.6 Å². The Balaban J connectivity index is 2.14. The summed E-state index contributed by atoms with van der Waals surface area (Å²) in [5.74, 6) is -0.162. The molecule has 1 unspecified atom stereocenters.